The zero-order chi connectivity index (χ0) is 12.9. The number of nitrogens with one attached hydrogen (secondary N) is 1. The Labute approximate surface area is 98.8 Å². The quantitative estimate of drug-likeness (QED) is 0.862. The van der Waals surface area contributed by atoms with Gasteiger partial charge in [0, 0.05) is 6.04 Å². The van der Waals surface area contributed by atoms with Gasteiger partial charge in [-0.05, 0) is 31.7 Å². The minimum absolute atomic E-state index is 0.208. The number of hydrogen-bond donors (Lipinski definition) is 1. The van der Waals surface area contributed by atoms with Crippen LogP contribution >= 0.6 is 0 Å². The van der Waals surface area contributed by atoms with Crippen LogP contribution in [0.25, 0.3) is 0 Å². The molecule has 0 aromatic heterocycles. The van der Waals surface area contributed by atoms with E-state index < -0.39 is 12.6 Å². The summed E-state index contributed by atoms with van der Waals surface area (Å²) in [6.45, 7) is 1.66. The van der Waals surface area contributed by atoms with Gasteiger partial charge in [0.2, 0.25) is 0 Å². The summed E-state index contributed by atoms with van der Waals surface area (Å²) in [6.07, 6.45) is -5.09. The Morgan fingerprint density at radius 2 is 1.82 bits per heavy atom. The number of ether oxygens (including phenoxy) is 1. The molecule has 0 heterocycles. The average molecular weight is 247 g/mol. The minimum Gasteiger partial charge on any atom is -0.493 e. The maximum absolute atomic E-state index is 11.9. The Morgan fingerprint density at radius 3 is 2.29 bits per heavy atom. The molecule has 0 spiro atoms. The van der Waals surface area contributed by atoms with Crippen LogP contribution in [0.4, 0.5) is 13.2 Å². The van der Waals surface area contributed by atoms with Gasteiger partial charge in [-0.2, -0.15) is 13.2 Å². The summed E-state index contributed by atoms with van der Waals surface area (Å²) in [7, 11) is 1.85. The van der Waals surface area contributed by atoms with E-state index >= 15 is 0 Å². The maximum Gasteiger partial charge on any atom is 0.392 e. The van der Waals surface area contributed by atoms with E-state index in [2.05, 4.69) is 5.32 Å². The highest BCUT2D eigenvalue weighted by molar-refractivity contribution is 5.28. The van der Waals surface area contributed by atoms with Crippen LogP contribution in [-0.2, 0) is 0 Å². The van der Waals surface area contributed by atoms with Gasteiger partial charge in [0.15, 0.2) is 0 Å². The first-order valence-corrected chi connectivity index (χ1v) is 5.39. The molecular formula is C12H16F3NO. The van der Waals surface area contributed by atoms with E-state index in [9.17, 15) is 13.2 Å². The zero-order valence-electron chi connectivity index (χ0n) is 9.84. The summed E-state index contributed by atoms with van der Waals surface area (Å²) in [5.41, 5.74) is 1.07. The standard InChI is InChI=1S/C12H16F3NO/c1-9(16-2)10-3-5-11(6-4-10)17-8-7-12(13,14)15/h3-6,9,16H,7-8H2,1-2H3. The fraction of sp³-hybridized carbons (Fsp3) is 0.500. The normalized spacial score (nSPS) is 13.5. The molecule has 1 aromatic carbocycles. The van der Waals surface area contributed by atoms with Crippen LogP contribution < -0.4 is 10.1 Å². The fourth-order valence-corrected chi connectivity index (χ4v) is 1.30. The molecule has 0 amide bonds. The molecule has 0 bridgehead atoms. The van der Waals surface area contributed by atoms with Crippen LogP contribution in [0, 0.1) is 0 Å². The highest BCUT2D eigenvalue weighted by Gasteiger charge is 2.26. The zero-order valence-corrected chi connectivity index (χ0v) is 9.84. The molecule has 1 unspecified atom stereocenters. The van der Waals surface area contributed by atoms with Crippen LogP contribution in [0.2, 0.25) is 0 Å². The molecule has 0 fully saturated rings. The summed E-state index contributed by atoms with van der Waals surface area (Å²) in [4.78, 5) is 0. The van der Waals surface area contributed by atoms with Gasteiger partial charge in [0.05, 0.1) is 13.0 Å². The Kier molecular flexibility index (Phi) is 4.81. The van der Waals surface area contributed by atoms with E-state index in [0.29, 0.717) is 5.75 Å². The molecule has 0 aliphatic rings. The van der Waals surface area contributed by atoms with Crippen LogP contribution in [0.3, 0.4) is 0 Å². The molecule has 2 nitrogen and oxygen atoms in total. The van der Waals surface area contributed by atoms with E-state index in [0.717, 1.165) is 5.56 Å². The molecule has 0 radical (unpaired) electrons. The van der Waals surface area contributed by atoms with Gasteiger partial charge in [-0.15, -0.1) is 0 Å². The summed E-state index contributed by atoms with van der Waals surface area (Å²) >= 11 is 0. The van der Waals surface area contributed by atoms with Crippen molar-refractivity contribution in [2.24, 2.45) is 0 Å². The lowest BCUT2D eigenvalue weighted by Crippen LogP contribution is -2.13. The highest BCUT2D eigenvalue weighted by Crippen LogP contribution is 2.21. The lowest BCUT2D eigenvalue weighted by atomic mass is 10.1. The van der Waals surface area contributed by atoms with Crippen LogP contribution in [0.5, 0.6) is 5.75 Å². The predicted octanol–water partition coefficient (Wildman–Crippen LogP) is 3.30. The van der Waals surface area contributed by atoms with Crippen molar-refractivity contribution in [1.82, 2.24) is 5.32 Å². The highest BCUT2D eigenvalue weighted by atomic mass is 19.4. The van der Waals surface area contributed by atoms with Gasteiger partial charge in [-0.25, -0.2) is 0 Å². The molecule has 1 rings (SSSR count). The molecule has 5 heteroatoms. The smallest absolute Gasteiger partial charge is 0.392 e. The topological polar surface area (TPSA) is 21.3 Å². The molecule has 0 aliphatic heterocycles. The molecule has 0 saturated carbocycles. The third kappa shape index (κ3) is 5.08. The largest absolute Gasteiger partial charge is 0.493 e. The minimum atomic E-state index is -4.17. The van der Waals surface area contributed by atoms with Gasteiger partial charge < -0.3 is 10.1 Å². The van der Waals surface area contributed by atoms with Crippen molar-refractivity contribution in [3.63, 3.8) is 0 Å². The third-order valence-electron chi connectivity index (χ3n) is 2.47. The second-order valence-electron chi connectivity index (χ2n) is 3.79. The summed E-state index contributed by atoms with van der Waals surface area (Å²) in [5.74, 6) is 0.460. The van der Waals surface area contributed by atoms with Gasteiger partial charge in [0.1, 0.15) is 5.75 Å². The number of hydrogen-bond acceptors (Lipinski definition) is 2. The first-order valence-electron chi connectivity index (χ1n) is 5.39. The number of benzene rings is 1. The van der Waals surface area contributed by atoms with E-state index in [1.165, 1.54) is 0 Å². The van der Waals surface area contributed by atoms with Crippen LogP contribution in [0.1, 0.15) is 24.9 Å². The predicted molar refractivity (Wildman–Crippen MR) is 60.1 cm³/mol. The number of rotatable bonds is 5. The first-order chi connectivity index (χ1) is 7.92. The molecule has 0 aliphatic carbocycles. The maximum atomic E-state index is 11.9. The molecule has 1 atom stereocenters. The van der Waals surface area contributed by atoms with Crippen molar-refractivity contribution >= 4 is 0 Å². The fourth-order valence-electron chi connectivity index (χ4n) is 1.30. The van der Waals surface area contributed by atoms with Gasteiger partial charge in [0.25, 0.3) is 0 Å². The van der Waals surface area contributed by atoms with Crippen LogP contribution in [0.15, 0.2) is 24.3 Å². The average Bonchev–Trinajstić information content (AvgIpc) is 2.27. The van der Waals surface area contributed by atoms with E-state index in [1.54, 1.807) is 12.1 Å². The molecule has 1 N–H and O–H groups in total. The molecule has 0 saturated heterocycles. The molecule has 17 heavy (non-hydrogen) atoms. The van der Waals surface area contributed by atoms with Gasteiger partial charge in [-0.1, -0.05) is 12.1 Å². The van der Waals surface area contributed by atoms with E-state index in [1.807, 2.05) is 26.1 Å². The Hall–Kier alpha value is -1.23. The Balaban J connectivity index is 2.46. The van der Waals surface area contributed by atoms with Crippen molar-refractivity contribution in [2.75, 3.05) is 13.7 Å². The third-order valence-corrected chi connectivity index (χ3v) is 2.47. The molecule has 1 aromatic rings. The second-order valence-corrected chi connectivity index (χ2v) is 3.79. The van der Waals surface area contributed by atoms with Gasteiger partial charge >= 0.3 is 6.18 Å². The van der Waals surface area contributed by atoms with Crippen molar-refractivity contribution in [1.29, 1.82) is 0 Å². The van der Waals surface area contributed by atoms with Crippen molar-refractivity contribution < 1.29 is 17.9 Å². The first kappa shape index (κ1) is 13.8. The summed E-state index contributed by atoms with van der Waals surface area (Å²) in [5, 5.41) is 3.07. The lowest BCUT2D eigenvalue weighted by molar-refractivity contribution is -0.139. The van der Waals surface area contributed by atoms with Gasteiger partial charge in [-0.3, -0.25) is 0 Å². The second kappa shape index (κ2) is 5.91. The lowest BCUT2D eigenvalue weighted by Gasteiger charge is -2.12. The van der Waals surface area contributed by atoms with E-state index in [4.69, 9.17) is 4.74 Å². The van der Waals surface area contributed by atoms with Crippen molar-refractivity contribution in [3.8, 4) is 5.75 Å². The molecular weight excluding hydrogens is 231 g/mol. The SMILES string of the molecule is CNC(C)c1ccc(OCCC(F)(F)F)cc1. The number of halogens is 3. The summed E-state index contributed by atoms with van der Waals surface area (Å²) in [6, 6.07) is 7.24. The Morgan fingerprint density at radius 1 is 1.24 bits per heavy atom. The van der Waals surface area contributed by atoms with Crippen molar-refractivity contribution in [3.05, 3.63) is 29.8 Å². The van der Waals surface area contributed by atoms with Crippen molar-refractivity contribution in [2.45, 2.75) is 25.6 Å². The number of alkyl halides is 3. The van der Waals surface area contributed by atoms with Crippen LogP contribution in [-0.4, -0.2) is 19.8 Å². The Bertz CT molecular complexity index is 335. The monoisotopic (exact) mass is 247 g/mol. The summed E-state index contributed by atoms with van der Waals surface area (Å²) < 4.78 is 40.7. The molecule has 96 valence electrons. The van der Waals surface area contributed by atoms with E-state index in [-0.39, 0.29) is 12.6 Å².